The van der Waals surface area contributed by atoms with Crippen molar-refractivity contribution >= 4 is 17.3 Å². The standard InChI is InChI=1S/C21H33N3O/c1-4-24(5-2)19-10-8-18(9-11-19)23-21(25)14-22-15(3)20-13-16-6-7-17(20)12-16/h8-11,15-17,20,22H,4-7,12-14H2,1-3H3,(H,23,25)/p+1/t15-,16+,17-,20+/m0/s1. The van der Waals surface area contributed by atoms with E-state index in [0.717, 1.165) is 36.5 Å². The summed E-state index contributed by atoms with van der Waals surface area (Å²) >= 11 is 0. The van der Waals surface area contributed by atoms with Gasteiger partial charge in [0.05, 0.1) is 6.04 Å². The van der Waals surface area contributed by atoms with Crippen LogP contribution in [0.5, 0.6) is 0 Å². The first kappa shape index (κ1) is 18.2. The molecular weight excluding hydrogens is 310 g/mol. The van der Waals surface area contributed by atoms with Crippen LogP contribution in [-0.4, -0.2) is 31.6 Å². The van der Waals surface area contributed by atoms with E-state index in [2.05, 4.69) is 48.4 Å². The van der Waals surface area contributed by atoms with Gasteiger partial charge in [-0.25, -0.2) is 0 Å². The highest BCUT2D eigenvalue weighted by molar-refractivity contribution is 5.91. The van der Waals surface area contributed by atoms with E-state index in [-0.39, 0.29) is 5.91 Å². The van der Waals surface area contributed by atoms with E-state index in [0.29, 0.717) is 12.6 Å². The molecule has 0 aromatic heterocycles. The summed E-state index contributed by atoms with van der Waals surface area (Å²) in [6.07, 6.45) is 5.68. The zero-order valence-electron chi connectivity index (χ0n) is 16.0. The van der Waals surface area contributed by atoms with Crippen molar-refractivity contribution in [1.82, 2.24) is 0 Å². The highest BCUT2D eigenvalue weighted by atomic mass is 16.1. The molecule has 2 saturated carbocycles. The summed E-state index contributed by atoms with van der Waals surface area (Å²) in [5.41, 5.74) is 2.10. The molecule has 138 valence electrons. The summed E-state index contributed by atoms with van der Waals surface area (Å²) in [7, 11) is 0. The highest BCUT2D eigenvalue weighted by Crippen LogP contribution is 2.48. The van der Waals surface area contributed by atoms with Crippen molar-refractivity contribution in [3.63, 3.8) is 0 Å². The number of hydrogen-bond acceptors (Lipinski definition) is 2. The molecule has 0 unspecified atom stereocenters. The molecule has 2 aliphatic carbocycles. The van der Waals surface area contributed by atoms with E-state index in [1.54, 1.807) is 0 Å². The van der Waals surface area contributed by atoms with Crippen molar-refractivity contribution in [1.29, 1.82) is 0 Å². The minimum absolute atomic E-state index is 0.102. The molecule has 1 aromatic carbocycles. The molecule has 3 N–H and O–H groups in total. The molecule has 0 spiro atoms. The van der Waals surface area contributed by atoms with E-state index in [9.17, 15) is 4.79 Å². The molecule has 4 heteroatoms. The van der Waals surface area contributed by atoms with Crippen LogP contribution < -0.4 is 15.5 Å². The molecular formula is C21H34N3O+. The summed E-state index contributed by atoms with van der Waals surface area (Å²) < 4.78 is 0. The Labute approximate surface area is 152 Å². The number of anilines is 2. The molecule has 2 aliphatic rings. The SMILES string of the molecule is CCN(CC)c1ccc(NC(=O)C[NH2+][C@@H](C)[C@H]2C[C@@H]3CC[C@H]2C3)cc1. The van der Waals surface area contributed by atoms with E-state index < -0.39 is 0 Å². The maximum atomic E-state index is 12.3. The van der Waals surface area contributed by atoms with Gasteiger partial charge in [-0.2, -0.15) is 0 Å². The molecule has 1 aromatic rings. The van der Waals surface area contributed by atoms with Gasteiger partial charge < -0.3 is 15.5 Å². The summed E-state index contributed by atoms with van der Waals surface area (Å²) in [6, 6.07) is 8.75. The molecule has 4 nitrogen and oxygen atoms in total. The van der Waals surface area contributed by atoms with E-state index in [1.807, 2.05) is 12.1 Å². The number of nitrogens with zero attached hydrogens (tertiary/aromatic N) is 1. The quantitative estimate of drug-likeness (QED) is 0.762. The summed E-state index contributed by atoms with van der Waals surface area (Å²) in [4.78, 5) is 14.6. The smallest absolute Gasteiger partial charge is 0.279 e. The maximum Gasteiger partial charge on any atom is 0.279 e. The highest BCUT2D eigenvalue weighted by Gasteiger charge is 2.43. The number of quaternary nitrogens is 1. The summed E-state index contributed by atoms with van der Waals surface area (Å²) in [5.74, 6) is 2.82. The Morgan fingerprint density at radius 1 is 1.20 bits per heavy atom. The molecule has 0 saturated heterocycles. The third kappa shape index (κ3) is 4.35. The normalized spacial score (nSPS) is 25.8. The van der Waals surface area contributed by atoms with Crippen LogP contribution in [-0.2, 0) is 4.79 Å². The molecule has 25 heavy (non-hydrogen) atoms. The van der Waals surface area contributed by atoms with Crippen molar-refractivity contribution < 1.29 is 10.1 Å². The number of fused-ring (bicyclic) bond motifs is 2. The van der Waals surface area contributed by atoms with Gasteiger partial charge in [0.2, 0.25) is 0 Å². The minimum Gasteiger partial charge on any atom is -0.372 e. The van der Waals surface area contributed by atoms with Crippen LogP contribution in [0.15, 0.2) is 24.3 Å². The number of carbonyl (C=O) groups excluding carboxylic acids is 1. The molecule has 2 fully saturated rings. The zero-order chi connectivity index (χ0) is 17.8. The Morgan fingerprint density at radius 2 is 1.92 bits per heavy atom. The van der Waals surface area contributed by atoms with Gasteiger partial charge in [-0.05, 0) is 76.1 Å². The number of carbonyl (C=O) groups is 1. The van der Waals surface area contributed by atoms with Crippen molar-refractivity contribution in [3.05, 3.63) is 24.3 Å². The van der Waals surface area contributed by atoms with Crippen LogP contribution in [0.1, 0.15) is 46.5 Å². The number of benzene rings is 1. The van der Waals surface area contributed by atoms with Crippen LogP contribution in [0.2, 0.25) is 0 Å². The first-order valence-electron chi connectivity index (χ1n) is 10.1. The Bertz CT molecular complexity index is 567. The lowest BCUT2D eigenvalue weighted by atomic mass is 9.84. The monoisotopic (exact) mass is 344 g/mol. The molecule has 0 heterocycles. The van der Waals surface area contributed by atoms with Crippen molar-refractivity contribution in [2.75, 3.05) is 29.9 Å². The fourth-order valence-corrected chi connectivity index (χ4v) is 4.96. The Hall–Kier alpha value is -1.55. The minimum atomic E-state index is 0.102. The topological polar surface area (TPSA) is 49.0 Å². The summed E-state index contributed by atoms with van der Waals surface area (Å²) in [5, 5.41) is 5.28. The molecule has 1 amide bonds. The van der Waals surface area contributed by atoms with E-state index in [4.69, 9.17) is 0 Å². The van der Waals surface area contributed by atoms with Crippen molar-refractivity contribution in [3.8, 4) is 0 Å². The van der Waals surface area contributed by atoms with E-state index >= 15 is 0 Å². The Kier molecular flexibility index (Phi) is 6.00. The average molecular weight is 345 g/mol. The second kappa shape index (κ2) is 8.22. The van der Waals surface area contributed by atoms with E-state index in [1.165, 1.54) is 31.4 Å². The number of nitrogens with one attached hydrogen (secondary N) is 1. The number of rotatable bonds is 8. The maximum absolute atomic E-state index is 12.3. The van der Waals surface area contributed by atoms with Gasteiger partial charge in [-0.3, -0.25) is 4.79 Å². The average Bonchev–Trinajstić information content (AvgIpc) is 3.25. The van der Waals surface area contributed by atoms with Gasteiger partial charge in [0.25, 0.3) is 5.91 Å². The third-order valence-corrected chi connectivity index (χ3v) is 6.42. The predicted molar refractivity (Wildman–Crippen MR) is 104 cm³/mol. The third-order valence-electron chi connectivity index (χ3n) is 6.42. The van der Waals surface area contributed by atoms with Crippen LogP contribution in [0.3, 0.4) is 0 Å². The van der Waals surface area contributed by atoms with Crippen LogP contribution in [0.4, 0.5) is 11.4 Å². The van der Waals surface area contributed by atoms with Gasteiger partial charge in [0, 0.05) is 30.4 Å². The Morgan fingerprint density at radius 3 is 2.48 bits per heavy atom. The lowest BCUT2D eigenvalue weighted by Crippen LogP contribution is -2.92. The predicted octanol–water partition coefficient (Wildman–Crippen LogP) is 2.86. The van der Waals surface area contributed by atoms with Crippen LogP contribution in [0.25, 0.3) is 0 Å². The fraction of sp³-hybridized carbons (Fsp3) is 0.667. The molecule has 0 aliphatic heterocycles. The lowest BCUT2D eigenvalue weighted by Gasteiger charge is -2.26. The van der Waals surface area contributed by atoms with Crippen LogP contribution in [0, 0.1) is 17.8 Å². The molecule has 4 atom stereocenters. The molecule has 0 radical (unpaired) electrons. The summed E-state index contributed by atoms with van der Waals surface area (Å²) in [6.45, 7) is 9.14. The van der Waals surface area contributed by atoms with Gasteiger partial charge in [0.15, 0.2) is 6.54 Å². The second-order valence-corrected chi connectivity index (χ2v) is 7.90. The van der Waals surface area contributed by atoms with Crippen LogP contribution >= 0.6 is 0 Å². The van der Waals surface area contributed by atoms with Crippen molar-refractivity contribution in [2.45, 2.75) is 52.5 Å². The van der Waals surface area contributed by atoms with Gasteiger partial charge in [-0.15, -0.1) is 0 Å². The first-order valence-corrected chi connectivity index (χ1v) is 10.1. The van der Waals surface area contributed by atoms with Gasteiger partial charge >= 0.3 is 0 Å². The first-order chi connectivity index (χ1) is 12.1. The molecule has 2 bridgehead atoms. The fourth-order valence-electron chi connectivity index (χ4n) is 4.96. The lowest BCUT2D eigenvalue weighted by molar-refractivity contribution is -0.683. The number of amides is 1. The largest absolute Gasteiger partial charge is 0.372 e. The molecule has 3 rings (SSSR count). The number of nitrogens with two attached hydrogens (primary N) is 1. The van der Waals surface area contributed by atoms with Gasteiger partial charge in [-0.1, -0.05) is 6.42 Å². The van der Waals surface area contributed by atoms with Gasteiger partial charge in [0.1, 0.15) is 0 Å². The zero-order valence-corrected chi connectivity index (χ0v) is 16.0. The number of hydrogen-bond donors (Lipinski definition) is 2. The second-order valence-electron chi connectivity index (χ2n) is 7.90. The Balaban J connectivity index is 1.44. The van der Waals surface area contributed by atoms with Crippen molar-refractivity contribution in [2.24, 2.45) is 17.8 Å².